The van der Waals surface area contributed by atoms with Crippen molar-refractivity contribution in [2.75, 3.05) is 26.7 Å². The summed E-state index contributed by atoms with van der Waals surface area (Å²) >= 11 is 0. The molecule has 0 spiro atoms. The van der Waals surface area contributed by atoms with Gasteiger partial charge >= 0.3 is 0 Å². The van der Waals surface area contributed by atoms with Crippen molar-refractivity contribution in [1.82, 2.24) is 9.80 Å². The molecule has 1 saturated heterocycles. The van der Waals surface area contributed by atoms with E-state index in [1.807, 2.05) is 0 Å². The van der Waals surface area contributed by atoms with E-state index in [1.54, 1.807) is 23.1 Å². The van der Waals surface area contributed by atoms with Gasteiger partial charge in [0.05, 0.1) is 6.61 Å². The number of aliphatic hydroxyl groups is 1. The standard InChI is InChI=1S/C18H27FN2O2/c1-20-11-5-4-7-16(20)9-10-18(23)21(12-13-22)14-15-6-2-3-8-17(15)19/h2-3,6,8,16,22H,4-5,7,9-14H2,1H3. The maximum absolute atomic E-state index is 13.8. The van der Waals surface area contributed by atoms with Crippen LogP contribution in [-0.4, -0.2) is 53.6 Å². The van der Waals surface area contributed by atoms with Crippen LogP contribution in [0.25, 0.3) is 0 Å². The third-order valence-corrected chi connectivity index (χ3v) is 4.65. The van der Waals surface area contributed by atoms with E-state index in [9.17, 15) is 14.3 Å². The Morgan fingerprint density at radius 1 is 1.39 bits per heavy atom. The monoisotopic (exact) mass is 322 g/mol. The Morgan fingerprint density at radius 3 is 2.87 bits per heavy atom. The molecule has 0 aliphatic carbocycles. The number of amides is 1. The molecule has 1 atom stereocenters. The number of hydrogen-bond acceptors (Lipinski definition) is 3. The van der Waals surface area contributed by atoms with Gasteiger partial charge in [-0.25, -0.2) is 4.39 Å². The van der Waals surface area contributed by atoms with Gasteiger partial charge in [-0.2, -0.15) is 0 Å². The Labute approximate surface area is 137 Å². The van der Waals surface area contributed by atoms with Crippen molar-refractivity contribution in [1.29, 1.82) is 0 Å². The molecule has 4 nitrogen and oxygen atoms in total. The van der Waals surface area contributed by atoms with Gasteiger partial charge in [-0.3, -0.25) is 4.79 Å². The zero-order chi connectivity index (χ0) is 16.7. The SMILES string of the molecule is CN1CCCCC1CCC(=O)N(CCO)Cc1ccccc1F. The van der Waals surface area contributed by atoms with Crippen molar-refractivity contribution >= 4 is 5.91 Å². The van der Waals surface area contributed by atoms with E-state index >= 15 is 0 Å². The Hall–Kier alpha value is -1.46. The molecule has 1 amide bonds. The molecule has 1 aromatic rings. The van der Waals surface area contributed by atoms with Crippen LogP contribution in [0.3, 0.4) is 0 Å². The minimum Gasteiger partial charge on any atom is -0.395 e. The summed E-state index contributed by atoms with van der Waals surface area (Å²) in [5.41, 5.74) is 0.490. The lowest BCUT2D eigenvalue weighted by atomic mass is 9.98. The third kappa shape index (κ3) is 5.29. The molecular formula is C18H27FN2O2. The number of aliphatic hydroxyl groups excluding tert-OH is 1. The Kier molecular flexibility index (Phi) is 6.99. The molecule has 1 aromatic carbocycles. The molecule has 1 heterocycles. The topological polar surface area (TPSA) is 43.8 Å². The summed E-state index contributed by atoms with van der Waals surface area (Å²) in [4.78, 5) is 16.4. The second-order valence-corrected chi connectivity index (χ2v) is 6.30. The molecule has 0 aromatic heterocycles. The molecule has 128 valence electrons. The average Bonchev–Trinajstić information content (AvgIpc) is 2.55. The zero-order valence-corrected chi connectivity index (χ0v) is 13.9. The van der Waals surface area contributed by atoms with Gasteiger partial charge in [0.1, 0.15) is 5.82 Å². The minimum atomic E-state index is -0.310. The molecule has 0 bridgehead atoms. The first-order chi connectivity index (χ1) is 11.1. The summed E-state index contributed by atoms with van der Waals surface area (Å²) in [6, 6.07) is 6.93. The second kappa shape index (κ2) is 8.99. The van der Waals surface area contributed by atoms with E-state index in [4.69, 9.17) is 0 Å². The lowest BCUT2D eigenvalue weighted by Gasteiger charge is -2.33. The van der Waals surface area contributed by atoms with Gasteiger partial charge in [0.15, 0.2) is 0 Å². The van der Waals surface area contributed by atoms with Crippen LogP contribution in [0.1, 0.15) is 37.7 Å². The highest BCUT2D eigenvalue weighted by Crippen LogP contribution is 2.20. The largest absolute Gasteiger partial charge is 0.395 e. The summed E-state index contributed by atoms with van der Waals surface area (Å²) in [5.74, 6) is -0.323. The fraction of sp³-hybridized carbons (Fsp3) is 0.611. The van der Waals surface area contributed by atoms with E-state index < -0.39 is 0 Å². The van der Waals surface area contributed by atoms with Gasteiger partial charge in [-0.15, -0.1) is 0 Å². The zero-order valence-electron chi connectivity index (χ0n) is 13.9. The number of piperidine rings is 1. The molecule has 0 saturated carbocycles. The maximum atomic E-state index is 13.8. The van der Waals surface area contributed by atoms with Gasteiger partial charge in [0.2, 0.25) is 5.91 Å². The number of halogens is 1. The van der Waals surface area contributed by atoms with Gasteiger partial charge in [0, 0.05) is 31.1 Å². The summed E-state index contributed by atoms with van der Waals surface area (Å²) in [7, 11) is 2.11. The van der Waals surface area contributed by atoms with Crippen LogP contribution in [0.4, 0.5) is 4.39 Å². The minimum absolute atomic E-state index is 0.0127. The summed E-state index contributed by atoms with van der Waals surface area (Å²) in [6.45, 7) is 1.44. The van der Waals surface area contributed by atoms with Crippen molar-refractivity contribution < 1.29 is 14.3 Å². The van der Waals surface area contributed by atoms with Crippen molar-refractivity contribution in [2.24, 2.45) is 0 Å². The predicted octanol–water partition coefficient (Wildman–Crippen LogP) is 2.41. The lowest BCUT2D eigenvalue weighted by molar-refractivity contribution is -0.132. The number of benzene rings is 1. The van der Waals surface area contributed by atoms with Crippen LogP contribution in [0.2, 0.25) is 0 Å². The van der Waals surface area contributed by atoms with E-state index in [-0.39, 0.29) is 31.4 Å². The predicted molar refractivity (Wildman–Crippen MR) is 88.4 cm³/mol. The van der Waals surface area contributed by atoms with Crippen molar-refractivity contribution in [3.05, 3.63) is 35.6 Å². The molecule has 1 fully saturated rings. The first-order valence-electron chi connectivity index (χ1n) is 8.44. The van der Waals surface area contributed by atoms with Crippen LogP contribution >= 0.6 is 0 Å². The summed E-state index contributed by atoms with van der Waals surface area (Å²) in [5, 5.41) is 9.20. The number of carbonyl (C=O) groups is 1. The number of carbonyl (C=O) groups excluding carboxylic acids is 1. The maximum Gasteiger partial charge on any atom is 0.223 e. The molecule has 2 rings (SSSR count). The molecule has 0 radical (unpaired) electrons. The molecule has 5 heteroatoms. The number of nitrogens with zero attached hydrogens (tertiary/aromatic N) is 2. The molecule has 23 heavy (non-hydrogen) atoms. The normalized spacial score (nSPS) is 18.8. The first-order valence-corrected chi connectivity index (χ1v) is 8.44. The Bertz CT molecular complexity index is 510. The molecular weight excluding hydrogens is 295 g/mol. The van der Waals surface area contributed by atoms with Gasteiger partial charge in [0.25, 0.3) is 0 Å². The van der Waals surface area contributed by atoms with Crippen LogP contribution in [0.5, 0.6) is 0 Å². The second-order valence-electron chi connectivity index (χ2n) is 6.30. The Balaban J connectivity index is 1.91. The smallest absolute Gasteiger partial charge is 0.223 e. The highest BCUT2D eigenvalue weighted by atomic mass is 19.1. The highest BCUT2D eigenvalue weighted by Gasteiger charge is 2.21. The van der Waals surface area contributed by atoms with E-state index in [2.05, 4.69) is 11.9 Å². The number of rotatable bonds is 7. The molecule has 1 aliphatic heterocycles. The highest BCUT2D eigenvalue weighted by molar-refractivity contribution is 5.76. The van der Waals surface area contributed by atoms with Gasteiger partial charge in [-0.1, -0.05) is 24.6 Å². The molecule has 1 aliphatic rings. The van der Waals surface area contributed by atoms with Crippen LogP contribution in [-0.2, 0) is 11.3 Å². The third-order valence-electron chi connectivity index (χ3n) is 4.65. The lowest BCUT2D eigenvalue weighted by Crippen LogP contribution is -2.38. The first kappa shape index (κ1) is 17.9. The van der Waals surface area contributed by atoms with Crippen LogP contribution in [0.15, 0.2) is 24.3 Å². The fourth-order valence-corrected chi connectivity index (χ4v) is 3.20. The van der Waals surface area contributed by atoms with E-state index in [0.29, 0.717) is 18.0 Å². The number of likely N-dealkylation sites (tertiary alicyclic amines) is 1. The van der Waals surface area contributed by atoms with Crippen LogP contribution < -0.4 is 0 Å². The van der Waals surface area contributed by atoms with Crippen LogP contribution in [0, 0.1) is 5.82 Å². The van der Waals surface area contributed by atoms with Gasteiger partial charge in [-0.05, 0) is 38.9 Å². The molecule has 1 N–H and O–H groups in total. The molecule has 1 unspecified atom stereocenters. The van der Waals surface area contributed by atoms with Gasteiger partial charge < -0.3 is 14.9 Å². The van der Waals surface area contributed by atoms with Crippen molar-refractivity contribution in [2.45, 2.75) is 44.7 Å². The summed E-state index contributed by atoms with van der Waals surface area (Å²) in [6.07, 6.45) is 4.86. The van der Waals surface area contributed by atoms with Crippen molar-refractivity contribution in [3.63, 3.8) is 0 Å². The summed E-state index contributed by atoms with van der Waals surface area (Å²) < 4.78 is 13.8. The average molecular weight is 322 g/mol. The van der Waals surface area contributed by atoms with E-state index in [1.165, 1.54) is 18.9 Å². The quantitative estimate of drug-likeness (QED) is 0.838. The fourth-order valence-electron chi connectivity index (χ4n) is 3.20. The Morgan fingerprint density at radius 2 is 2.17 bits per heavy atom. The van der Waals surface area contributed by atoms with Crippen molar-refractivity contribution in [3.8, 4) is 0 Å². The van der Waals surface area contributed by atoms with E-state index in [0.717, 1.165) is 19.4 Å². The number of hydrogen-bond donors (Lipinski definition) is 1.